The summed E-state index contributed by atoms with van der Waals surface area (Å²) in [7, 11) is 0. The van der Waals surface area contributed by atoms with E-state index in [0.717, 1.165) is 42.9 Å². The summed E-state index contributed by atoms with van der Waals surface area (Å²) in [6, 6.07) is 10.3. The maximum Gasteiger partial charge on any atom is 0.0738 e. The van der Waals surface area contributed by atoms with Crippen LogP contribution in [0.3, 0.4) is 0 Å². The Morgan fingerprint density at radius 3 is 2.68 bits per heavy atom. The second kappa shape index (κ2) is 5.45. The topological polar surface area (TPSA) is 50.1 Å². The Kier molecular flexibility index (Phi) is 3.51. The van der Waals surface area contributed by atoms with Crippen LogP contribution in [0.15, 0.2) is 36.5 Å². The lowest BCUT2D eigenvalue weighted by atomic mass is 9.89. The van der Waals surface area contributed by atoms with E-state index in [1.54, 1.807) is 6.20 Å². The Labute approximate surface area is 113 Å². The second-order valence-corrected chi connectivity index (χ2v) is 5.14. The lowest BCUT2D eigenvalue weighted by Crippen LogP contribution is -2.26. The van der Waals surface area contributed by atoms with E-state index in [-0.39, 0.29) is 0 Å². The van der Waals surface area contributed by atoms with Crippen LogP contribution in [-0.2, 0) is 6.42 Å². The summed E-state index contributed by atoms with van der Waals surface area (Å²) in [6.07, 6.45) is 4.79. The summed E-state index contributed by atoms with van der Waals surface area (Å²) in [5, 5.41) is 17.2. The SMILES string of the molecule is On1cc(C2CCNCC2)c(Cc2ccccc2)n1. The van der Waals surface area contributed by atoms with Crippen LogP contribution in [0.25, 0.3) is 0 Å². The van der Waals surface area contributed by atoms with Crippen molar-refractivity contribution in [3.8, 4) is 0 Å². The maximum absolute atomic E-state index is 9.63. The molecule has 1 aliphatic heterocycles. The van der Waals surface area contributed by atoms with Crippen molar-refractivity contribution < 1.29 is 5.21 Å². The summed E-state index contributed by atoms with van der Waals surface area (Å²) in [5.74, 6) is 0.515. The maximum atomic E-state index is 9.63. The molecule has 1 aromatic carbocycles. The molecule has 4 heteroatoms. The van der Waals surface area contributed by atoms with Gasteiger partial charge in [0.2, 0.25) is 0 Å². The number of rotatable bonds is 3. The lowest BCUT2D eigenvalue weighted by molar-refractivity contribution is 0.147. The molecular weight excluding hydrogens is 238 g/mol. The zero-order valence-electron chi connectivity index (χ0n) is 10.9. The molecule has 1 aromatic heterocycles. The van der Waals surface area contributed by atoms with Gasteiger partial charge in [-0.3, -0.25) is 0 Å². The molecule has 0 spiro atoms. The molecular formula is C15H19N3O. The van der Waals surface area contributed by atoms with Gasteiger partial charge in [0.15, 0.2) is 0 Å². The molecule has 0 amide bonds. The highest BCUT2D eigenvalue weighted by atomic mass is 16.5. The monoisotopic (exact) mass is 257 g/mol. The molecule has 0 unspecified atom stereocenters. The molecule has 2 aromatic rings. The minimum Gasteiger partial charge on any atom is -0.412 e. The first-order valence-electron chi connectivity index (χ1n) is 6.85. The molecule has 0 atom stereocenters. The van der Waals surface area contributed by atoms with E-state index in [1.165, 1.54) is 11.1 Å². The molecule has 19 heavy (non-hydrogen) atoms. The van der Waals surface area contributed by atoms with Crippen molar-refractivity contribution in [2.75, 3.05) is 13.1 Å². The Hall–Kier alpha value is -1.81. The van der Waals surface area contributed by atoms with Crippen molar-refractivity contribution in [2.45, 2.75) is 25.2 Å². The number of hydrogen-bond donors (Lipinski definition) is 2. The Morgan fingerprint density at radius 2 is 1.95 bits per heavy atom. The van der Waals surface area contributed by atoms with Crippen LogP contribution in [0, 0.1) is 0 Å². The first-order valence-corrected chi connectivity index (χ1v) is 6.85. The third-order valence-corrected chi connectivity index (χ3v) is 3.80. The van der Waals surface area contributed by atoms with Crippen LogP contribution >= 0.6 is 0 Å². The largest absolute Gasteiger partial charge is 0.412 e. The van der Waals surface area contributed by atoms with Gasteiger partial charge < -0.3 is 10.5 Å². The summed E-state index contributed by atoms with van der Waals surface area (Å²) in [6.45, 7) is 2.10. The third-order valence-electron chi connectivity index (χ3n) is 3.80. The molecule has 4 nitrogen and oxygen atoms in total. The van der Waals surface area contributed by atoms with Crippen LogP contribution in [0.2, 0.25) is 0 Å². The van der Waals surface area contributed by atoms with Gasteiger partial charge in [-0.2, -0.15) is 0 Å². The van der Waals surface area contributed by atoms with E-state index in [1.807, 2.05) is 18.2 Å². The van der Waals surface area contributed by atoms with E-state index in [9.17, 15) is 5.21 Å². The quantitative estimate of drug-likeness (QED) is 0.829. The standard InChI is InChI=1S/C15H19N3O/c19-18-11-14(13-6-8-16-9-7-13)15(17-18)10-12-4-2-1-3-5-12/h1-5,11,13,16,19H,6-10H2. The lowest BCUT2D eigenvalue weighted by Gasteiger charge is -2.22. The van der Waals surface area contributed by atoms with Gasteiger partial charge in [0.05, 0.1) is 11.9 Å². The van der Waals surface area contributed by atoms with Crippen LogP contribution in [0.1, 0.15) is 35.6 Å². The van der Waals surface area contributed by atoms with Gasteiger partial charge in [0, 0.05) is 12.0 Å². The highest BCUT2D eigenvalue weighted by Gasteiger charge is 2.21. The van der Waals surface area contributed by atoms with Crippen LogP contribution in [0.5, 0.6) is 0 Å². The number of nitrogens with one attached hydrogen (secondary N) is 1. The minimum atomic E-state index is 0.515. The summed E-state index contributed by atoms with van der Waals surface area (Å²) in [5.41, 5.74) is 3.44. The summed E-state index contributed by atoms with van der Waals surface area (Å²) >= 11 is 0. The van der Waals surface area contributed by atoms with Crippen molar-refractivity contribution in [1.82, 2.24) is 15.3 Å². The van der Waals surface area contributed by atoms with Crippen molar-refractivity contribution in [1.29, 1.82) is 0 Å². The van der Waals surface area contributed by atoms with Crippen molar-refractivity contribution in [3.05, 3.63) is 53.3 Å². The molecule has 3 rings (SSSR count). The van der Waals surface area contributed by atoms with Gasteiger partial charge in [0.25, 0.3) is 0 Å². The minimum absolute atomic E-state index is 0.515. The third kappa shape index (κ3) is 2.79. The fourth-order valence-corrected chi connectivity index (χ4v) is 2.81. The molecule has 1 fully saturated rings. The smallest absolute Gasteiger partial charge is 0.0738 e. The normalized spacial score (nSPS) is 16.6. The average molecular weight is 257 g/mol. The van der Waals surface area contributed by atoms with Gasteiger partial charge in [0.1, 0.15) is 0 Å². The summed E-state index contributed by atoms with van der Waals surface area (Å²) in [4.78, 5) is 0.968. The molecule has 0 saturated carbocycles. The predicted octanol–water partition coefficient (Wildman–Crippen LogP) is 2.18. The molecule has 0 aliphatic carbocycles. The fourth-order valence-electron chi connectivity index (χ4n) is 2.81. The molecule has 0 radical (unpaired) electrons. The number of hydrogen-bond acceptors (Lipinski definition) is 3. The zero-order chi connectivity index (χ0) is 13.1. The highest BCUT2D eigenvalue weighted by molar-refractivity contribution is 5.29. The molecule has 1 aliphatic rings. The molecule has 0 bridgehead atoms. The van der Waals surface area contributed by atoms with Gasteiger partial charge in [-0.15, -0.1) is 9.94 Å². The molecule has 2 N–H and O–H groups in total. The molecule has 1 saturated heterocycles. The van der Waals surface area contributed by atoms with E-state index >= 15 is 0 Å². The number of piperidine rings is 1. The van der Waals surface area contributed by atoms with Crippen LogP contribution < -0.4 is 5.32 Å². The first kappa shape index (κ1) is 12.2. The molecule has 2 heterocycles. The van der Waals surface area contributed by atoms with Gasteiger partial charge in [-0.05, 0) is 37.4 Å². The summed E-state index contributed by atoms with van der Waals surface area (Å²) < 4.78 is 0. The van der Waals surface area contributed by atoms with E-state index in [2.05, 4.69) is 22.5 Å². The first-order chi connectivity index (χ1) is 9.33. The average Bonchev–Trinajstić information content (AvgIpc) is 2.82. The van der Waals surface area contributed by atoms with Gasteiger partial charge in [-0.25, -0.2) is 0 Å². The van der Waals surface area contributed by atoms with Crippen molar-refractivity contribution in [3.63, 3.8) is 0 Å². The van der Waals surface area contributed by atoms with E-state index in [0.29, 0.717) is 5.92 Å². The van der Waals surface area contributed by atoms with Crippen LogP contribution in [-0.4, -0.2) is 28.2 Å². The van der Waals surface area contributed by atoms with Gasteiger partial charge in [-0.1, -0.05) is 30.3 Å². The highest BCUT2D eigenvalue weighted by Crippen LogP contribution is 2.28. The van der Waals surface area contributed by atoms with Gasteiger partial charge >= 0.3 is 0 Å². The number of aromatic nitrogens is 2. The van der Waals surface area contributed by atoms with Crippen LogP contribution in [0.4, 0.5) is 0 Å². The van der Waals surface area contributed by atoms with Crippen molar-refractivity contribution >= 4 is 0 Å². The van der Waals surface area contributed by atoms with E-state index < -0.39 is 0 Å². The molecule has 100 valence electrons. The van der Waals surface area contributed by atoms with E-state index in [4.69, 9.17) is 0 Å². The van der Waals surface area contributed by atoms with Crippen molar-refractivity contribution in [2.24, 2.45) is 0 Å². The predicted molar refractivity (Wildman–Crippen MR) is 73.5 cm³/mol. The number of benzene rings is 1. The Morgan fingerprint density at radius 1 is 1.21 bits per heavy atom. The second-order valence-electron chi connectivity index (χ2n) is 5.14. The fraction of sp³-hybridized carbons (Fsp3) is 0.400. The Balaban J connectivity index is 1.84. The Bertz CT molecular complexity index is 530. The zero-order valence-corrected chi connectivity index (χ0v) is 10.9. The number of nitrogens with zero attached hydrogens (tertiary/aromatic N) is 2.